The molecule has 0 aliphatic heterocycles. The molecule has 0 radical (unpaired) electrons. The summed E-state index contributed by atoms with van der Waals surface area (Å²) in [6.45, 7) is -0.0508. The van der Waals surface area contributed by atoms with Gasteiger partial charge in [0.25, 0.3) is 0 Å². The van der Waals surface area contributed by atoms with Gasteiger partial charge in [0.15, 0.2) is 0 Å². The highest BCUT2D eigenvalue weighted by Crippen LogP contribution is 2.16. The van der Waals surface area contributed by atoms with E-state index in [-0.39, 0.29) is 12.2 Å². The zero-order chi connectivity index (χ0) is 13.0. The molecule has 0 heterocycles. The number of ether oxygens (including phenoxy) is 1. The van der Waals surface area contributed by atoms with Gasteiger partial charge >= 0.3 is 0 Å². The lowest BCUT2D eigenvalue weighted by Gasteiger charge is -2.07. The van der Waals surface area contributed by atoms with E-state index in [9.17, 15) is 8.78 Å². The fourth-order valence-electron chi connectivity index (χ4n) is 1.47. The van der Waals surface area contributed by atoms with Crippen LogP contribution in [0.4, 0.5) is 8.78 Å². The molecule has 2 aromatic carbocycles. The number of rotatable bonds is 3. The van der Waals surface area contributed by atoms with E-state index in [1.165, 1.54) is 36.4 Å². The fraction of sp³-hybridized carbons (Fsp3) is 0.0714. The van der Waals surface area contributed by atoms with E-state index >= 15 is 0 Å². The van der Waals surface area contributed by atoms with Gasteiger partial charge in [-0.1, -0.05) is 6.07 Å². The third-order valence-electron chi connectivity index (χ3n) is 2.37. The normalized spacial score (nSPS) is 9.83. The van der Waals surface area contributed by atoms with Gasteiger partial charge in [-0.25, -0.2) is 8.78 Å². The fourth-order valence-corrected chi connectivity index (χ4v) is 1.47. The first kappa shape index (κ1) is 12.1. The van der Waals surface area contributed by atoms with E-state index in [2.05, 4.69) is 0 Å². The highest BCUT2D eigenvalue weighted by molar-refractivity contribution is 5.34. The lowest BCUT2D eigenvalue weighted by atomic mass is 10.1. The summed E-state index contributed by atoms with van der Waals surface area (Å²) >= 11 is 0. The molecule has 0 N–H and O–H groups in total. The Morgan fingerprint density at radius 3 is 2.67 bits per heavy atom. The van der Waals surface area contributed by atoms with Crippen LogP contribution in [0.3, 0.4) is 0 Å². The van der Waals surface area contributed by atoms with Crippen LogP contribution < -0.4 is 4.74 Å². The van der Waals surface area contributed by atoms with Crippen molar-refractivity contribution in [2.24, 2.45) is 0 Å². The van der Waals surface area contributed by atoms with Crippen molar-refractivity contribution in [3.05, 3.63) is 65.2 Å². The van der Waals surface area contributed by atoms with E-state index < -0.39 is 11.6 Å². The predicted octanol–water partition coefficient (Wildman–Crippen LogP) is 3.42. The van der Waals surface area contributed by atoms with E-state index in [1.54, 1.807) is 6.07 Å². The first-order chi connectivity index (χ1) is 8.69. The van der Waals surface area contributed by atoms with Crippen molar-refractivity contribution < 1.29 is 13.5 Å². The van der Waals surface area contributed by atoms with E-state index in [1.807, 2.05) is 6.07 Å². The molecule has 0 bridgehead atoms. The second-order valence-electron chi connectivity index (χ2n) is 3.66. The molecule has 2 nitrogen and oxygen atoms in total. The molecule has 2 rings (SSSR count). The number of halogens is 2. The Labute approximate surface area is 103 Å². The molecule has 0 saturated heterocycles. The molecule has 0 amide bonds. The second kappa shape index (κ2) is 5.28. The summed E-state index contributed by atoms with van der Waals surface area (Å²) in [5, 5.41) is 8.71. The zero-order valence-electron chi connectivity index (χ0n) is 9.36. The van der Waals surface area contributed by atoms with Gasteiger partial charge in [0.2, 0.25) is 0 Å². The maximum Gasteiger partial charge on any atom is 0.129 e. The molecule has 0 fully saturated rings. The summed E-state index contributed by atoms with van der Waals surface area (Å²) in [7, 11) is 0. The van der Waals surface area contributed by atoms with Crippen LogP contribution >= 0.6 is 0 Å². The van der Waals surface area contributed by atoms with Gasteiger partial charge in [-0.3, -0.25) is 0 Å². The van der Waals surface area contributed by atoms with Crippen molar-refractivity contribution in [3.8, 4) is 11.8 Å². The molecule has 4 heteroatoms. The quantitative estimate of drug-likeness (QED) is 0.830. The summed E-state index contributed by atoms with van der Waals surface area (Å²) in [5.74, 6) is -0.555. The monoisotopic (exact) mass is 245 g/mol. The van der Waals surface area contributed by atoms with Gasteiger partial charge in [0.05, 0.1) is 11.6 Å². The summed E-state index contributed by atoms with van der Waals surface area (Å²) in [6.07, 6.45) is 0. The van der Waals surface area contributed by atoms with Crippen LogP contribution in [0, 0.1) is 23.0 Å². The summed E-state index contributed by atoms with van der Waals surface area (Å²) in [4.78, 5) is 0. The largest absolute Gasteiger partial charge is 0.489 e. The molecule has 0 aliphatic rings. The maximum atomic E-state index is 13.4. The Morgan fingerprint density at radius 2 is 1.94 bits per heavy atom. The van der Waals surface area contributed by atoms with Gasteiger partial charge in [-0.05, 0) is 30.3 Å². The average Bonchev–Trinajstić information content (AvgIpc) is 2.38. The van der Waals surface area contributed by atoms with Gasteiger partial charge in [0.1, 0.15) is 24.0 Å². The van der Waals surface area contributed by atoms with E-state index in [0.717, 1.165) is 0 Å². The smallest absolute Gasteiger partial charge is 0.129 e. The lowest BCUT2D eigenvalue weighted by molar-refractivity contribution is 0.298. The molecule has 0 saturated carbocycles. The predicted molar refractivity (Wildman–Crippen MR) is 61.8 cm³/mol. The van der Waals surface area contributed by atoms with Gasteiger partial charge in [0, 0.05) is 11.6 Å². The van der Waals surface area contributed by atoms with Crippen molar-refractivity contribution in [2.75, 3.05) is 0 Å². The van der Waals surface area contributed by atoms with E-state index in [0.29, 0.717) is 11.3 Å². The Morgan fingerprint density at radius 1 is 1.11 bits per heavy atom. The van der Waals surface area contributed by atoms with Crippen molar-refractivity contribution in [2.45, 2.75) is 6.61 Å². The van der Waals surface area contributed by atoms with Crippen molar-refractivity contribution in [1.82, 2.24) is 0 Å². The highest BCUT2D eigenvalue weighted by atomic mass is 19.1. The summed E-state index contributed by atoms with van der Waals surface area (Å²) < 4.78 is 31.6. The Hall–Kier alpha value is -2.41. The standard InChI is InChI=1S/C14H9F2NO/c15-12-2-1-3-13(7-12)18-9-11-6-10(8-17)4-5-14(11)16/h1-7H,9H2. The number of hydrogen-bond donors (Lipinski definition) is 0. The topological polar surface area (TPSA) is 33.0 Å². The number of nitrogens with zero attached hydrogens (tertiary/aromatic N) is 1. The minimum atomic E-state index is -0.453. The molecule has 0 unspecified atom stereocenters. The van der Waals surface area contributed by atoms with Crippen LogP contribution in [0.2, 0.25) is 0 Å². The van der Waals surface area contributed by atoms with Crippen LogP contribution in [0.5, 0.6) is 5.75 Å². The average molecular weight is 245 g/mol. The first-order valence-corrected chi connectivity index (χ1v) is 5.26. The minimum Gasteiger partial charge on any atom is -0.489 e. The molecule has 0 atom stereocenters. The molecule has 0 aliphatic carbocycles. The Bertz CT molecular complexity index is 605. The SMILES string of the molecule is N#Cc1ccc(F)c(COc2cccc(F)c2)c1. The molecular weight excluding hydrogens is 236 g/mol. The van der Waals surface area contributed by atoms with Crippen LogP contribution in [0.25, 0.3) is 0 Å². The van der Waals surface area contributed by atoms with Crippen LogP contribution in [0.1, 0.15) is 11.1 Å². The van der Waals surface area contributed by atoms with Gasteiger partial charge in [-0.15, -0.1) is 0 Å². The maximum absolute atomic E-state index is 13.4. The van der Waals surface area contributed by atoms with Gasteiger partial charge in [-0.2, -0.15) is 5.26 Å². The first-order valence-electron chi connectivity index (χ1n) is 5.26. The van der Waals surface area contributed by atoms with Crippen LogP contribution in [-0.4, -0.2) is 0 Å². The zero-order valence-corrected chi connectivity index (χ0v) is 9.36. The number of benzene rings is 2. The minimum absolute atomic E-state index is 0.0508. The molecular formula is C14H9F2NO. The Kier molecular flexibility index (Phi) is 3.54. The molecule has 90 valence electrons. The van der Waals surface area contributed by atoms with Crippen molar-refractivity contribution in [1.29, 1.82) is 5.26 Å². The molecule has 0 aromatic heterocycles. The van der Waals surface area contributed by atoms with Crippen molar-refractivity contribution >= 4 is 0 Å². The number of hydrogen-bond acceptors (Lipinski definition) is 2. The lowest BCUT2D eigenvalue weighted by Crippen LogP contribution is -1.99. The Balaban J connectivity index is 2.13. The third-order valence-corrected chi connectivity index (χ3v) is 2.37. The van der Waals surface area contributed by atoms with E-state index in [4.69, 9.17) is 10.00 Å². The molecule has 2 aromatic rings. The second-order valence-corrected chi connectivity index (χ2v) is 3.66. The summed E-state index contributed by atoms with van der Waals surface area (Å²) in [6, 6.07) is 11.5. The third kappa shape index (κ3) is 2.83. The highest BCUT2D eigenvalue weighted by Gasteiger charge is 2.05. The van der Waals surface area contributed by atoms with Crippen LogP contribution in [-0.2, 0) is 6.61 Å². The van der Waals surface area contributed by atoms with Crippen LogP contribution in [0.15, 0.2) is 42.5 Å². The van der Waals surface area contributed by atoms with Gasteiger partial charge < -0.3 is 4.74 Å². The molecule has 18 heavy (non-hydrogen) atoms. The summed E-state index contributed by atoms with van der Waals surface area (Å²) in [5.41, 5.74) is 0.618. The molecule has 0 spiro atoms. The number of nitriles is 1. The van der Waals surface area contributed by atoms with Crippen molar-refractivity contribution in [3.63, 3.8) is 0 Å².